The van der Waals surface area contributed by atoms with Crippen molar-refractivity contribution < 1.29 is 0 Å². The summed E-state index contributed by atoms with van der Waals surface area (Å²) in [5, 5.41) is 5.16. The van der Waals surface area contributed by atoms with Gasteiger partial charge < -0.3 is 5.32 Å². The van der Waals surface area contributed by atoms with Crippen molar-refractivity contribution in [1.82, 2.24) is 9.97 Å². The van der Waals surface area contributed by atoms with Crippen LogP contribution in [-0.4, -0.2) is 9.97 Å². The quantitative estimate of drug-likeness (QED) is 0.430. The largest absolute Gasteiger partial charge is 0.355 e. The normalized spacial score (nSPS) is 10.8. The molecule has 4 rings (SSSR count). The molecule has 0 aliphatic heterocycles. The molecule has 0 unspecified atom stereocenters. The molecule has 4 aromatic rings. The fourth-order valence-corrected chi connectivity index (χ4v) is 3.19. The topological polar surface area (TPSA) is 37.8 Å². The van der Waals surface area contributed by atoms with Crippen LogP contribution in [0.2, 0.25) is 10.2 Å². The van der Waals surface area contributed by atoms with Gasteiger partial charge in [-0.05, 0) is 48.5 Å². The summed E-state index contributed by atoms with van der Waals surface area (Å²) >= 11 is 12.8. The van der Waals surface area contributed by atoms with Crippen LogP contribution in [0, 0.1) is 0 Å². The van der Waals surface area contributed by atoms with Crippen LogP contribution in [0.3, 0.4) is 0 Å². The summed E-state index contributed by atoms with van der Waals surface area (Å²) in [6.45, 7) is 0. The Morgan fingerprint density at radius 3 is 2.44 bits per heavy atom. The number of benzene rings is 2. The van der Waals surface area contributed by atoms with E-state index in [1.165, 1.54) is 0 Å². The highest BCUT2D eigenvalue weighted by atomic mass is 35.5. The maximum Gasteiger partial charge on any atom is 0.139 e. The molecule has 0 bridgehead atoms. The van der Waals surface area contributed by atoms with Gasteiger partial charge >= 0.3 is 0 Å². The number of fused-ring (bicyclic) bond motifs is 1. The molecule has 0 saturated heterocycles. The lowest BCUT2D eigenvalue weighted by atomic mass is 10.1. The highest BCUT2D eigenvalue weighted by Crippen LogP contribution is 2.33. The van der Waals surface area contributed by atoms with Gasteiger partial charge in [-0.3, -0.25) is 4.98 Å². The molecule has 0 aliphatic rings. The van der Waals surface area contributed by atoms with Crippen LogP contribution in [0.5, 0.6) is 0 Å². The molecule has 1 N–H and O–H groups in total. The second kappa shape index (κ2) is 6.71. The van der Waals surface area contributed by atoms with Gasteiger partial charge in [0.1, 0.15) is 5.15 Å². The summed E-state index contributed by atoms with van der Waals surface area (Å²) in [7, 11) is 0. The molecule has 0 atom stereocenters. The Hall–Kier alpha value is -2.62. The Morgan fingerprint density at radius 1 is 0.800 bits per heavy atom. The molecule has 0 fully saturated rings. The van der Waals surface area contributed by atoms with Crippen LogP contribution in [0.1, 0.15) is 0 Å². The Balaban J connectivity index is 1.72. The lowest BCUT2D eigenvalue weighted by Crippen LogP contribution is -1.92. The Morgan fingerprint density at radius 2 is 1.64 bits per heavy atom. The highest BCUT2D eigenvalue weighted by molar-refractivity contribution is 6.35. The number of nitrogens with one attached hydrogen (secondary N) is 1. The maximum atomic E-state index is 6.49. The summed E-state index contributed by atoms with van der Waals surface area (Å²) in [4.78, 5) is 8.82. The average Bonchev–Trinajstić information content (AvgIpc) is 2.63. The molecular formula is C20H13Cl2N3. The second-order valence-corrected chi connectivity index (χ2v) is 6.32. The zero-order valence-corrected chi connectivity index (χ0v) is 14.6. The summed E-state index contributed by atoms with van der Waals surface area (Å²) < 4.78 is 0. The molecule has 122 valence electrons. The molecule has 25 heavy (non-hydrogen) atoms. The fraction of sp³-hybridized carbons (Fsp3) is 0. The molecule has 0 saturated carbocycles. The van der Waals surface area contributed by atoms with Crippen molar-refractivity contribution in [3.8, 4) is 11.3 Å². The van der Waals surface area contributed by atoms with E-state index in [0.717, 1.165) is 27.8 Å². The van der Waals surface area contributed by atoms with Gasteiger partial charge in [-0.25, -0.2) is 4.98 Å². The zero-order chi connectivity index (χ0) is 17.2. The minimum Gasteiger partial charge on any atom is -0.355 e. The summed E-state index contributed by atoms with van der Waals surface area (Å²) in [6.07, 6.45) is 1.73. The first-order valence-electron chi connectivity index (χ1n) is 7.74. The number of pyridine rings is 2. The number of hydrogen-bond donors (Lipinski definition) is 1. The Kier molecular flexibility index (Phi) is 4.26. The third kappa shape index (κ3) is 3.29. The first kappa shape index (κ1) is 15.9. The van der Waals surface area contributed by atoms with E-state index in [9.17, 15) is 0 Å². The van der Waals surface area contributed by atoms with E-state index < -0.39 is 0 Å². The van der Waals surface area contributed by atoms with Gasteiger partial charge in [0.2, 0.25) is 0 Å². The van der Waals surface area contributed by atoms with E-state index in [4.69, 9.17) is 23.2 Å². The third-order valence-electron chi connectivity index (χ3n) is 3.86. The minimum atomic E-state index is 0.420. The SMILES string of the molecule is Clc1cc(Nc2ccccc2)ccc1-c1cc2ncccc2c(Cl)n1. The molecular weight excluding hydrogens is 353 g/mol. The van der Waals surface area contributed by atoms with Gasteiger partial charge in [0.05, 0.1) is 16.2 Å². The van der Waals surface area contributed by atoms with E-state index in [0.29, 0.717) is 15.9 Å². The Bertz CT molecular complexity index is 1050. The molecule has 5 heteroatoms. The zero-order valence-electron chi connectivity index (χ0n) is 13.1. The predicted octanol–water partition coefficient (Wildman–Crippen LogP) is 6.35. The maximum absolute atomic E-state index is 6.49. The summed E-state index contributed by atoms with van der Waals surface area (Å²) in [5.41, 5.74) is 4.22. The summed E-state index contributed by atoms with van der Waals surface area (Å²) in [5.74, 6) is 0. The van der Waals surface area contributed by atoms with Crippen LogP contribution < -0.4 is 5.32 Å². The minimum absolute atomic E-state index is 0.420. The third-order valence-corrected chi connectivity index (χ3v) is 4.46. The molecule has 0 spiro atoms. The number of anilines is 2. The molecule has 0 aliphatic carbocycles. The molecule has 2 heterocycles. The van der Waals surface area contributed by atoms with E-state index in [1.807, 2.05) is 66.7 Å². The highest BCUT2D eigenvalue weighted by Gasteiger charge is 2.10. The van der Waals surface area contributed by atoms with Crippen LogP contribution in [0.15, 0.2) is 72.9 Å². The molecule has 2 aromatic carbocycles. The van der Waals surface area contributed by atoms with Gasteiger partial charge in [-0.2, -0.15) is 0 Å². The van der Waals surface area contributed by atoms with E-state index >= 15 is 0 Å². The second-order valence-electron chi connectivity index (χ2n) is 5.55. The number of para-hydroxylation sites is 1. The Labute approximate surface area is 155 Å². The number of halogens is 2. The van der Waals surface area contributed by atoms with Crippen LogP contribution in [0.4, 0.5) is 11.4 Å². The van der Waals surface area contributed by atoms with Gasteiger partial charge in [0.25, 0.3) is 0 Å². The standard InChI is InChI=1S/C20H13Cl2N3/c21-17-11-14(24-13-5-2-1-3-6-13)8-9-15(17)19-12-18-16(20(22)25-19)7-4-10-23-18/h1-12,24H. The first-order valence-corrected chi connectivity index (χ1v) is 8.49. The molecule has 3 nitrogen and oxygen atoms in total. The van der Waals surface area contributed by atoms with Gasteiger partial charge in [-0.15, -0.1) is 0 Å². The lowest BCUT2D eigenvalue weighted by molar-refractivity contribution is 1.32. The van der Waals surface area contributed by atoms with E-state index in [2.05, 4.69) is 15.3 Å². The van der Waals surface area contributed by atoms with Crippen LogP contribution >= 0.6 is 23.2 Å². The van der Waals surface area contributed by atoms with Crippen molar-refractivity contribution in [2.24, 2.45) is 0 Å². The van der Waals surface area contributed by atoms with Crippen molar-refractivity contribution in [1.29, 1.82) is 0 Å². The van der Waals surface area contributed by atoms with E-state index in [1.54, 1.807) is 6.20 Å². The van der Waals surface area contributed by atoms with Crippen molar-refractivity contribution in [2.45, 2.75) is 0 Å². The lowest BCUT2D eigenvalue weighted by Gasteiger charge is -2.10. The smallest absolute Gasteiger partial charge is 0.139 e. The number of rotatable bonds is 3. The van der Waals surface area contributed by atoms with Crippen molar-refractivity contribution in [3.63, 3.8) is 0 Å². The molecule has 0 radical (unpaired) electrons. The van der Waals surface area contributed by atoms with Crippen molar-refractivity contribution in [2.75, 3.05) is 5.32 Å². The van der Waals surface area contributed by atoms with Gasteiger partial charge in [0.15, 0.2) is 0 Å². The van der Waals surface area contributed by atoms with Crippen molar-refractivity contribution >= 4 is 45.5 Å². The van der Waals surface area contributed by atoms with Crippen molar-refractivity contribution in [3.05, 3.63) is 83.1 Å². The van der Waals surface area contributed by atoms with Crippen LogP contribution in [0.25, 0.3) is 22.2 Å². The number of aromatic nitrogens is 2. The predicted molar refractivity (Wildman–Crippen MR) is 105 cm³/mol. The first-order chi connectivity index (χ1) is 12.2. The fourth-order valence-electron chi connectivity index (χ4n) is 2.66. The van der Waals surface area contributed by atoms with Gasteiger partial charge in [0, 0.05) is 28.5 Å². The van der Waals surface area contributed by atoms with E-state index in [-0.39, 0.29) is 0 Å². The monoisotopic (exact) mass is 365 g/mol. The molecule has 2 aromatic heterocycles. The average molecular weight is 366 g/mol. The molecule has 0 amide bonds. The van der Waals surface area contributed by atoms with Gasteiger partial charge in [-0.1, -0.05) is 41.4 Å². The van der Waals surface area contributed by atoms with Crippen LogP contribution in [-0.2, 0) is 0 Å². The summed E-state index contributed by atoms with van der Waals surface area (Å²) in [6, 6.07) is 21.3. The number of hydrogen-bond acceptors (Lipinski definition) is 3. The number of nitrogens with zero attached hydrogens (tertiary/aromatic N) is 2.